The van der Waals surface area contributed by atoms with E-state index >= 15 is 0 Å². The van der Waals surface area contributed by atoms with Gasteiger partial charge < -0.3 is 38.8 Å². The van der Waals surface area contributed by atoms with Crippen LogP contribution < -0.4 is 0 Å². The molecule has 0 aromatic carbocycles. The van der Waals surface area contributed by atoms with E-state index in [2.05, 4.69) is 13.0 Å². The number of fused-ring (bicyclic) bond motifs is 3. The largest absolute Gasteiger partial charge is 0.456 e. The summed E-state index contributed by atoms with van der Waals surface area (Å²) in [6.45, 7) is 15.5. The number of rotatable bonds is 7. The van der Waals surface area contributed by atoms with Gasteiger partial charge in [-0.15, -0.1) is 0 Å². The number of nitrogens with zero attached hydrogens (tertiary/aromatic N) is 1. The van der Waals surface area contributed by atoms with Crippen molar-refractivity contribution < 1.29 is 53.1 Å². The van der Waals surface area contributed by atoms with Gasteiger partial charge in [0.05, 0.1) is 30.5 Å². The van der Waals surface area contributed by atoms with Gasteiger partial charge in [0.2, 0.25) is 5.79 Å². The highest BCUT2D eigenvalue weighted by Crippen LogP contribution is 2.39. The lowest BCUT2D eigenvalue weighted by atomic mass is 9.82. The van der Waals surface area contributed by atoms with Crippen LogP contribution in [0.5, 0.6) is 0 Å². The van der Waals surface area contributed by atoms with E-state index in [9.17, 15) is 29.4 Å². The average Bonchev–Trinajstić information content (AvgIpc) is 3.17. The molecule has 0 aromatic rings. The summed E-state index contributed by atoms with van der Waals surface area (Å²) in [4.78, 5) is 57.7. The smallest absolute Gasteiger partial charge is 0.329 e. The third-order valence-corrected chi connectivity index (χ3v) is 12.5. The fourth-order valence-electron chi connectivity index (χ4n) is 9.32. The number of hydrogen-bond donors (Lipinski definition) is 2. The van der Waals surface area contributed by atoms with Gasteiger partial charge in [-0.1, -0.05) is 51.5 Å². The molecule has 0 radical (unpaired) electrons. The van der Waals surface area contributed by atoms with E-state index in [1.807, 2.05) is 47.6 Å². The highest BCUT2D eigenvalue weighted by atomic mass is 16.7. The summed E-state index contributed by atoms with van der Waals surface area (Å²) in [5, 5.41) is 22.7. The van der Waals surface area contributed by atoms with Crippen molar-refractivity contribution in [3.63, 3.8) is 0 Å². The molecule has 4 rings (SSSR count). The Morgan fingerprint density at radius 2 is 1.68 bits per heavy atom. The molecule has 2 saturated heterocycles. The Morgan fingerprint density at radius 1 is 1.00 bits per heavy atom. The quantitative estimate of drug-likeness (QED) is 0.175. The molecule has 13 atom stereocenters. The topological polar surface area (TPSA) is 158 Å². The second-order valence-electron chi connectivity index (χ2n) is 17.6. The van der Waals surface area contributed by atoms with E-state index < -0.39 is 71.8 Å². The first-order valence-corrected chi connectivity index (χ1v) is 21.4. The number of cyclic esters (lactones) is 1. The van der Waals surface area contributed by atoms with Crippen molar-refractivity contribution in [3.05, 3.63) is 35.5 Å². The van der Waals surface area contributed by atoms with E-state index in [1.165, 1.54) is 4.90 Å². The van der Waals surface area contributed by atoms with Crippen LogP contribution in [0, 0.1) is 29.6 Å². The van der Waals surface area contributed by atoms with Gasteiger partial charge in [-0.3, -0.25) is 14.4 Å². The number of carbonyl (C=O) groups is 4. The standard InChI is InChI=1S/C45H71NO11/c1-11-33-21-27(4)20-28(5)22-38(53-9)41-39(54-10)24-31(8)45(52,57-41)42(49)43(50)46-19-13-12-14-34(46)44(51)56-40(29(6)15-17-35(33)47)30(7)23-32-16-18-36(48)37(25-32)55-26(2)3/h15,17,21,23,26,28-29,31-34,36-41,48,52H,11-14,16,18-20,22,24-25H2,1-10H3/b17-15+,27-21+,30-23?. The number of hydrogen-bond acceptors (Lipinski definition) is 11. The zero-order valence-corrected chi connectivity index (χ0v) is 36.1. The van der Waals surface area contributed by atoms with Gasteiger partial charge >= 0.3 is 5.97 Å². The predicted molar refractivity (Wildman–Crippen MR) is 216 cm³/mol. The first-order valence-electron chi connectivity index (χ1n) is 21.4. The number of carbonyl (C=O) groups excluding carboxylic acids is 4. The Labute approximate surface area is 340 Å². The maximum absolute atomic E-state index is 14.3. The highest BCUT2D eigenvalue weighted by molar-refractivity contribution is 6.39. The second kappa shape index (κ2) is 21.0. The summed E-state index contributed by atoms with van der Waals surface area (Å²) in [6.07, 6.45) is 9.21. The molecule has 12 heteroatoms. The Morgan fingerprint density at radius 3 is 2.33 bits per heavy atom. The average molecular weight is 802 g/mol. The van der Waals surface area contributed by atoms with Crippen molar-refractivity contribution in [3.8, 4) is 0 Å². The zero-order valence-electron chi connectivity index (χ0n) is 36.1. The van der Waals surface area contributed by atoms with Crippen LogP contribution >= 0.6 is 0 Å². The van der Waals surface area contributed by atoms with Gasteiger partial charge in [-0.2, -0.15) is 0 Å². The van der Waals surface area contributed by atoms with Gasteiger partial charge in [0.15, 0.2) is 5.78 Å². The minimum atomic E-state index is -2.47. The van der Waals surface area contributed by atoms with Crippen molar-refractivity contribution in [1.82, 2.24) is 4.90 Å². The minimum Gasteiger partial charge on any atom is -0.456 e. The van der Waals surface area contributed by atoms with Crippen LogP contribution in [0.15, 0.2) is 35.5 Å². The van der Waals surface area contributed by atoms with Crippen LogP contribution in [0.4, 0.5) is 0 Å². The monoisotopic (exact) mass is 802 g/mol. The molecular weight excluding hydrogens is 730 g/mol. The summed E-state index contributed by atoms with van der Waals surface area (Å²) >= 11 is 0. The van der Waals surface area contributed by atoms with Crippen molar-refractivity contribution in [2.24, 2.45) is 29.6 Å². The molecule has 2 bridgehead atoms. The van der Waals surface area contributed by atoms with Crippen LogP contribution in [0.25, 0.3) is 0 Å². The number of aliphatic hydroxyl groups is 2. The first kappa shape index (κ1) is 46.9. The Kier molecular flexibility index (Phi) is 17.3. The number of ether oxygens (including phenoxy) is 5. The van der Waals surface area contributed by atoms with Crippen LogP contribution in [-0.4, -0.2) is 114 Å². The van der Waals surface area contributed by atoms with Crippen LogP contribution in [0.2, 0.25) is 0 Å². The Bertz CT molecular complexity index is 1490. The molecule has 3 fully saturated rings. The highest BCUT2D eigenvalue weighted by Gasteiger charge is 2.56. The number of esters is 1. The molecule has 0 spiro atoms. The van der Waals surface area contributed by atoms with Crippen molar-refractivity contribution >= 4 is 23.4 Å². The predicted octanol–water partition coefficient (Wildman–Crippen LogP) is 6.06. The third-order valence-electron chi connectivity index (χ3n) is 12.5. The number of aliphatic hydroxyl groups excluding tert-OH is 1. The van der Waals surface area contributed by atoms with E-state index in [-0.39, 0.29) is 55.1 Å². The van der Waals surface area contributed by atoms with Gasteiger partial charge in [-0.25, -0.2) is 4.79 Å². The molecule has 12 nitrogen and oxygen atoms in total. The van der Waals surface area contributed by atoms with Crippen LogP contribution in [-0.2, 0) is 42.9 Å². The van der Waals surface area contributed by atoms with Gasteiger partial charge in [0.25, 0.3) is 11.7 Å². The summed E-state index contributed by atoms with van der Waals surface area (Å²) < 4.78 is 30.4. The molecular formula is C45H71NO11. The van der Waals surface area contributed by atoms with E-state index in [4.69, 9.17) is 23.7 Å². The Hall–Kier alpha value is -2.74. The van der Waals surface area contributed by atoms with Gasteiger partial charge in [0.1, 0.15) is 18.2 Å². The fourth-order valence-corrected chi connectivity index (χ4v) is 9.32. The van der Waals surface area contributed by atoms with Crippen LogP contribution in [0.3, 0.4) is 0 Å². The molecule has 1 aliphatic carbocycles. The molecule has 2 N–H and O–H groups in total. The first-order chi connectivity index (χ1) is 26.9. The molecule has 322 valence electrons. The minimum absolute atomic E-state index is 0.0428. The maximum Gasteiger partial charge on any atom is 0.329 e. The Balaban J connectivity index is 1.76. The fraction of sp³-hybridized carbons (Fsp3) is 0.778. The summed E-state index contributed by atoms with van der Waals surface area (Å²) in [5.41, 5.74) is 1.82. The second-order valence-corrected chi connectivity index (χ2v) is 17.6. The normalized spacial score (nSPS) is 40.1. The molecule has 4 aliphatic rings. The number of ketones is 2. The van der Waals surface area contributed by atoms with E-state index in [0.29, 0.717) is 44.9 Å². The summed E-state index contributed by atoms with van der Waals surface area (Å²) in [5.74, 6) is -6.76. The number of piperidine rings is 1. The molecule has 0 aromatic heterocycles. The number of methoxy groups -OCH3 is 2. The lowest BCUT2D eigenvalue weighted by Gasteiger charge is -2.47. The van der Waals surface area contributed by atoms with E-state index in [0.717, 1.165) is 17.6 Å². The van der Waals surface area contributed by atoms with Crippen LogP contribution in [0.1, 0.15) is 120 Å². The lowest BCUT2D eigenvalue weighted by Crippen LogP contribution is -2.64. The molecule has 57 heavy (non-hydrogen) atoms. The zero-order chi connectivity index (χ0) is 42.2. The van der Waals surface area contributed by atoms with Gasteiger partial charge in [-0.05, 0) is 115 Å². The lowest BCUT2D eigenvalue weighted by molar-refractivity contribution is -0.302. The SMILES string of the molecule is CCC1/C=C(\C)CC(C)CC(OC)C2OC(O)(C(=O)C(=O)N3CCCCC3C(=O)OC(C(C)=CC3CCC(O)C(OC(C)C)C3)C(C)/C=C/C1=O)C(C)CC2OC. The maximum atomic E-state index is 14.3. The van der Waals surface area contributed by atoms with E-state index in [1.54, 1.807) is 33.3 Å². The third kappa shape index (κ3) is 11.7. The van der Waals surface area contributed by atoms with Crippen molar-refractivity contribution in [2.45, 2.75) is 174 Å². The summed E-state index contributed by atoms with van der Waals surface area (Å²) in [6, 6.07) is -1.07. The van der Waals surface area contributed by atoms with Gasteiger partial charge in [0, 0.05) is 38.5 Å². The molecule has 13 unspecified atom stereocenters. The molecule has 1 amide bonds. The number of allylic oxidation sites excluding steroid dienone is 4. The van der Waals surface area contributed by atoms with Crippen molar-refractivity contribution in [2.75, 3.05) is 20.8 Å². The number of amides is 1. The molecule has 3 heterocycles. The molecule has 3 aliphatic heterocycles. The molecule has 1 saturated carbocycles. The van der Waals surface area contributed by atoms with Crippen molar-refractivity contribution in [1.29, 1.82) is 0 Å². The summed E-state index contributed by atoms with van der Waals surface area (Å²) in [7, 11) is 3.09. The number of Topliss-reactive ketones (excluding diaryl/α,β-unsaturated/α-hetero) is 1.